The molecule has 18 heavy (non-hydrogen) atoms. The highest BCUT2D eigenvalue weighted by Crippen LogP contribution is 2.22. The van der Waals surface area contributed by atoms with E-state index >= 15 is 0 Å². The van der Waals surface area contributed by atoms with Gasteiger partial charge in [-0.2, -0.15) is 0 Å². The third-order valence-corrected chi connectivity index (χ3v) is 2.89. The van der Waals surface area contributed by atoms with Gasteiger partial charge in [0.25, 0.3) is 0 Å². The molecule has 2 aromatic carbocycles. The van der Waals surface area contributed by atoms with E-state index in [0.29, 0.717) is 5.56 Å². The first kappa shape index (κ1) is 12.2. The van der Waals surface area contributed by atoms with Gasteiger partial charge in [0.2, 0.25) is 5.91 Å². The second-order valence-electron chi connectivity index (χ2n) is 4.38. The zero-order valence-corrected chi connectivity index (χ0v) is 10.6. The van der Waals surface area contributed by atoms with E-state index in [2.05, 4.69) is 29.2 Å². The van der Waals surface area contributed by atoms with Crippen molar-refractivity contribution in [2.75, 3.05) is 19.0 Å². The van der Waals surface area contributed by atoms with E-state index in [1.807, 2.05) is 26.2 Å². The van der Waals surface area contributed by atoms with Crippen LogP contribution in [0.5, 0.6) is 0 Å². The van der Waals surface area contributed by atoms with Crippen LogP contribution in [-0.4, -0.2) is 20.0 Å². The lowest BCUT2D eigenvalue weighted by Crippen LogP contribution is -2.10. The summed E-state index contributed by atoms with van der Waals surface area (Å²) in [6.07, 6.45) is 0. The number of carbonyl (C=O) groups is 1. The molecule has 0 saturated carbocycles. The molecule has 0 aliphatic carbocycles. The van der Waals surface area contributed by atoms with Gasteiger partial charge in [-0.25, -0.2) is 0 Å². The Hall–Kier alpha value is -2.29. The minimum Gasteiger partial charge on any atom is -0.378 e. The largest absolute Gasteiger partial charge is 0.378 e. The Balaban J connectivity index is 2.28. The van der Waals surface area contributed by atoms with Crippen molar-refractivity contribution in [2.45, 2.75) is 0 Å². The predicted molar refractivity (Wildman–Crippen MR) is 74.7 cm³/mol. The van der Waals surface area contributed by atoms with Crippen LogP contribution < -0.4 is 10.6 Å². The smallest absolute Gasteiger partial charge is 0.248 e. The SMILES string of the molecule is CN(C)c1ccc(-c2ccc(C(N)=O)cc2)cc1. The zero-order valence-electron chi connectivity index (χ0n) is 10.6. The molecule has 0 bridgehead atoms. The van der Waals surface area contributed by atoms with Gasteiger partial charge in [0.05, 0.1) is 0 Å². The van der Waals surface area contributed by atoms with Crippen molar-refractivity contribution in [3.63, 3.8) is 0 Å². The number of benzene rings is 2. The van der Waals surface area contributed by atoms with Gasteiger partial charge < -0.3 is 10.6 Å². The zero-order chi connectivity index (χ0) is 13.1. The molecule has 0 aliphatic rings. The topological polar surface area (TPSA) is 46.3 Å². The maximum Gasteiger partial charge on any atom is 0.248 e. The van der Waals surface area contributed by atoms with Crippen molar-refractivity contribution in [1.82, 2.24) is 0 Å². The number of hydrogen-bond acceptors (Lipinski definition) is 2. The second kappa shape index (κ2) is 4.92. The van der Waals surface area contributed by atoms with E-state index in [-0.39, 0.29) is 0 Å². The first-order valence-corrected chi connectivity index (χ1v) is 5.75. The lowest BCUT2D eigenvalue weighted by molar-refractivity contribution is 0.100. The number of hydrogen-bond donors (Lipinski definition) is 1. The Morgan fingerprint density at radius 2 is 1.33 bits per heavy atom. The summed E-state index contributed by atoms with van der Waals surface area (Å²) in [5.74, 6) is -0.399. The number of rotatable bonds is 3. The molecule has 3 nitrogen and oxygen atoms in total. The highest BCUT2D eigenvalue weighted by atomic mass is 16.1. The van der Waals surface area contributed by atoms with Crippen LogP contribution in [0.1, 0.15) is 10.4 Å². The number of nitrogens with two attached hydrogens (primary N) is 1. The Labute approximate surface area is 107 Å². The Morgan fingerprint density at radius 1 is 0.889 bits per heavy atom. The molecule has 92 valence electrons. The third kappa shape index (κ3) is 2.51. The molecule has 2 rings (SSSR count). The van der Waals surface area contributed by atoms with E-state index < -0.39 is 5.91 Å². The van der Waals surface area contributed by atoms with Gasteiger partial charge in [-0.3, -0.25) is 4.79 Å². The van der Waals surface area contributed by atoms with Crippen molar-refractivity contribution >= 4 is 11.6 Å². The fourth-order valence-corrected chi connectivity index (χ4v) is 1.78. The standard InChI is InChI=1S/C15H16N2O/c1-17(2)14-9-7-12(8-10-14)11-3-5-13(6-4-11)15(16)18/h3-10H,1-2H3,(H2,16,18). The third-order valence-electron chi connectivity index (χ3n) is 2.89. The van der Waals surface area contributed by atoms with E-state index in [0.717, 1.165) is 16.8 Å². The number of nitrogens with zero attached hydrogens (tertiary/aromatic N) is 1. The molecule has 0 radical (unpaired) electrons. The van der Waals surface area contributed by atoms with Crippen molar-refractivity contribution in [3.8, 4) is 11.1 Å². The highest BCUT2D eigenvalue weighted by Gasteiger charge is 2.02. The van der Waals surface area contributed by atoms with Crippen LogP contribution in [0.3, 0.4) is 0 Å². The Morgan fingerprint density at radius 3 is 1.72 bits per heavy atom. The maximum atomic E-state index is 11.0. The number of carbonyl (C=O) groups excluding carboxylic acids is 1. The van der Waals surface area contributed by atoms with Gasteiger partial charge in [0.1, 0.15) is 0 Å². The van der Waals surface area contributed by atoms with Gasteiger partial charge in [0, 0.05) is 25.3 Å². The molecular formula is C15H16N2O. The minimum atomic E-state index is -0.399. The number of amides is 1. The summed E-state index contributed by atoms with van der Waals surface area (Å²) in [4.78, 5) is 13.0. The summed E-state index contributed by atoms with van der Waals surface area (Å²) >= 11 is 0. The van der Waals surface area contributed by atoms with Gasteiger partial charge in [0.15, 0.2) is 0 Å². The molecule has 0 atom stereocenters. The molecule has 0 unspecified atom stereocenters. The van der Waals surface area contributed by atoms with Crippen LogP contribution in [0.15, 0.2) is 48.5 Å². The van der Waals surface area contributed by atoms with Crippen LogP contribution in [0.2, 0.25) is 0 Å². The van der Waals surface area contributed by atoms with Crippen molar-refractivity contribution in [3.05, 3.63) is 54.1 Å². The summed E-state index contributed by atoms with van der Waals surface area (Å²) < 4.78 is 0. The fraction of sp³-hybridized carbons (Fsp3) is 0.133. The summed E-state index contributed by atoms with van der Waals surface area (Å²) in [7, 11) is 4.02. The highest BCUT2D eigenvalue weighted by molar-refractivity contribution is 5.93. The molecule has 3 heteroatoms. The van der Waals surface area contributed by atoms with Crippen LogP contribution in [-0.2, 0) is 0 Å². The van der Waals surface area contributed by atoms with Crippen molar-refractivity contribution in [2.24, 2.45) is 5.73 Å². The Kier molecular flexibility index (Phi) is 3.33. The second-order valence-corrected chi connectivity index (χ2v) is 4.38. The van der Waals surface area contributed by atoms with E-state index in [9.17, 15) is 4.79 Å². The molecular weight excluding hydrogens is 224 g/mol. The minimum absolute atomic E-state index is 0.399. The van der Waals surface area contributed by atoms with E-state index in [4.69, 9.17) is 5.73 Å². The lowest BCUT2D eigenvalue weighted by Gasteiger charge is -2.12. The van der Waals surface area contributed by atoms with Crippen LogP contribution in [0.4, 0.5) is 5.69 Å². The van der Waals surface area contributed by atoms with E-state index in [1.165, 1.54) is 0 Å². The lowest BCUT2D eigenvalue weighted by atomic mass is 10.0. The summed E-state index contributed by atoms with van der Waals surface area (Å²) in [5, 5.41) is 0. The molecule has 1 amide bonds. The van der Waals surface area contributed by atoms with Gasteiger partial charge in [-0.1, -0.05) is 24.3 Å². The van der Waals surface area contributed by atoms with Crippen LogP contribution in [0.25, 0.3) is 11.1 Å². The van der Waals surface area contributed by atoms with Crippen LogP contribution in [0, 0.1) is 0 Å². The molecule has 0 aliphatic heterocycles. The normalized spacial score (nSPS) is 10.1. The maximum absolute atomic E-state index is 11.0. The molecule has 0 spiro atoms. The molecule has 0 aromatic heterocycles. The summed E-state index contributed by atoms with van der Waals surface area (Å²) in [5.41, 5.74) is 9.10. The molecule has 0 heterocycles. The van der Waals surface area contributed by atoms with Gasteiger partial charge >= 0.3 is 0 Å². The van der Waals surface area contributed by atoms with Crippen molar-refractivity contribution in [1.29, 1.82) is 0 Å². The Bertz CT molecular complexity index is 542. The van der Waals surface area contributed by atoms with E-state index in [1.54, 1.807) is 12.1 Å². The van der Waals surface area contributed by atoms with Crippen LogP contribution >= 0.6 is 0 Å². The summed E-state index contributed by atoms with van der Waals surface area (Å²) in [6, 6.07) is 15.6. The first-order valence-electron chi connectivity index (χ1n) is 5.75. The van der Waals surface area contributed by atoms with Gasteiger partial charge in [-0.15, -0.1) is 0 Å². The van der Waals surface area contributed by atoms with Crippen molar-refractivity contribution < 1.29 is 4.79 Å². The monoisotopic (exact) mass is 240 g/mol. The summed E-state index contributed by atoms with van der Waals surface area (Å²) in [6.45, 7) is 0. The average molecular weight is 240 g/mol. The molecule has 0 saturated heterocycles. The fourth-order valence-electron chi connectivity index (χ4n) is 1.78. The van der Waals surface area contributed by atoms with Gasteiger partial charge in [-0.05, 0) is 35.4 Å². The molecule has 0 fully saturated rings. The average Bonchev–Trinajstić information content (AvgIpc) is 2.39. The first-order chi connectivity index (χ1) is 8.58. The number of anilines is 1. The number of primary amides is 1. The molecule has 2 N–H and O–H groups in total. The molecule has 2 aromatic rings. The predicted octanol–water partition coefficient (Wildman–Crippen LogP) is 2.52. The quantitative estimate of drug-likeness (QED) is 0.896.